The van der Waals surface area contributed by atoms with Crippen LogP contribution >= 0.6 is 0 Å². The molecule has 4 heteroatoms. The Balaban J connectivity index is 2.79. The molecule has 1 aliphatic heterocycles. The smallest absolute Gasteiger partial charge is 0.205 e. The van der Waals surface area contributed by atoms with E-state index >= 15 is 0 Å². The minimum absolute atomic E-state index is 0.230. The standard InChI is InChI=1S/C3H2F2N2/c4-2-1-6-7-3(2)5/h1H2. The van der Waals surface area contributed by atoms with Crippen LogP contribution < -0.4 is 0 Å². The minimum atomic E-state index is -1.08. The molecule has 0 radical (unpaired) electrons. The molecule has 0 aromatic rings. The van der Waals surface area contributed by atoms with Gasteiger partial charge in [-0.05, 0) is 0 Å². The molecule has 1 rings (SSSR count). The molecule has 0 atom stereocenters. The SMILES string of the molecule is FC1=C(F)N=NC1. The van der Waals surface area contributed by atoms with E-state index in [0.717, 1.165) is 0 Å². The third-order valence-electron chi connectivity index (χ3n) is 0.592. The van der Waals surface area contributed by atoms with Crippen LogP contribution in [0.3, 0.4) is 0 Å². The van der Waals surface area contributed by atoms with Crippen molar-refractivity contribution in [2.75, 3.05) is 6.54 Å². The summed E-state index contributed by atoms with van der Waals surface area (Å²) in [4.78, 5) is 0. The van der Waals surface area contributed by atoms with Gasteiger partial charge in [-0.2, -0.15) is 9.50 Å². The zero-order chi connectivity index (χ0) is 5.28. The molecular weight excluding hydrogens is 102 g/mol. The van der Waals surface area contributed by atoms with E-state index in [-0.39, 0.29) is 6.54 Å². The van der Waals surface area contributed by atoms with Gasteiger partial charge in [0.15, 0.2) is 5.83 Å². The van der Waals surface area contributed by atoms with Gasteiger partial charge in [-0.1, -0.05) is 0 Å². The highest BCUT2D eigenvalue weighted by Crippen LogP contribution is 2.15. The molecule has 0 aromatic heterocycles. The molecular formula is C3H2F2N2. The molecule has 2 nitrogen and oxygen atoms in total. The molecule has 0 N–H and O–H groups in total. The zero-order valence-electron chi connectivity index (χ0n) is 3.36. The van der Waals surface area contributed by atoms with Crippen LogP contribution in [-0.2, 0) is 0 Å². The lowest BCUT2D eigenvalue weighted by atomic mass is 10.6. The summed E-state index contributed by atoms with van der Waals surface area (Å²) in [5.41, 5.74) is 0. The quantitative estimate of drug-likeness (QED) is 0.416. The Hall–Kier alpha value is -0.800. The molecule has 0 saturated carbocycles. The highest BCUT2D eigenvalue weighted by Gasteiger charge is 2.08. The van der Waals surface area contributed by atoms with Crippen molar-refractivity contribution in [3.63, 3.8) is 0 Å². The lowest BCUT2D eigenvalue weighted by molar-refractivity contribution is 0.543. The normalized spacial score (nSPS) is 19.1. The number of hydrogen-bond donors (Lipinski definition) is 0. The molecule has 0 unspecified atom stereocenters. The van der Waals surface area contributed by atoms with E-state index in [0.29, 0.717) is 0 Å². The first-order valence-corrected chi connectivity index (χ1v) is 1.72. The third kappa shape index (κ3) is 0.629. The Morgan fingerprint density at radius 3 is 2.29 bits per heavy atom. The maximum atomic E-state index is 11.6. The summed E-state index contributed by atoms with van der Waals surface area (Å²) < 4.78 is 23.2. The number of halogens is 2. The molecule has 0 bridgehead atoms. The summed E-state index contributed by atoms with van der Waals surface area (Å²) in [6.07, 6.45) is 0. The molecule has 0 amide bonds. The fourth-order valence-corrected chi connectivity index (χ4v) is 0.279. The van der Waals surface area contributed by atoms with Gasteiger partial charge in [0.05, 0.1) is 0 Å². The topological polar surface area (TPSA) is 24.7 Å². The predicted octanol–water partition coefficient (Wildman–Crippen LogP) is 1.56. The van der Waals surface area contributed by atoms with Crippen molar-refractivity contribution < 1.29 is 8.78 Å². The van der Waals surface area contributed by atoms with Crippen LogP contribution in [0.2, 0.25) is 0 Å². The van der Waals surface area contributed by atoms with E-state index in [1.54, 1.807) is 0 Å². The lowest BCUT2D eigenvalue weighted by Gasteiger charge is -1.73. The predicted molar refractivity (Wildman–Crippen MR) is 19.0 cm³/mol. The van der Waals surface area contributed by atoms with E-state index in [9.17, 15) is 8.78 Å². The van der Waals surface area contributed by atoms with Crippen molar-refractivity contribution in [2.24, 2.45) is 10.2 Å². The van der Waals surface area contributed by atoms with Gasteiger partial charge in [0.25, 0.3) is 5.95 Å². The van der Waals surface area contributed by atoms with Gasteiger partial charge in [-0.25, -0.2) is 4.39 Å². The summed E-state index contributed by atoms with van der Waals surface area (Å²) in [5, 5.41) is 5.83. The Kier molecular flexibility index (Phi) is 0.850. The Morgan fingerprint density at radius 1 is 1.43 bits per heavy atom. The maximum Gasteiger partial charge on any atom is 0.266 e. The van der Waals surface area contributed by atoms with E-state index < -0.39 is 11.8 Å². The molecule has 38 valence electrons. The average molecular weight is 104 g/mol. The van der Waals surface area contributed by atoms with E-state index in [2.05, 4.69) is 10.2 Å². The minimum Gasteiger partial charge on any atom is -0.205 e. The van der Waals surface area contributed by atoms with Crippen molar-refractivity contribution in [3.05, 3.63) is 11.8 Å². The van der Waals surface area contributed by atoms with Crippen LogP contribution in [0.1, 0.15) is 0 Å². The van der Waals surface area contributed by atoms with Gasteiger partial charge in [-0.15, -0.1) is 5.11 Å². The van der Waals surface area contributed by atoms with Crippen molar-refractivity contribution in [2.45, 2.75) is 0 Å². The molecule has 7 heavy (non-hydrogen) atoms. The van der Waals surface area contributed by atoms with Crippen molar-refractivity contribution in [1.29, 1.82) is 0 Å². The van der Waals surface area contributed by atoms with Crippen LogP contribution in [-0.4, -0.2) is 6.54 Å². The summed E-state index contributed by atoms with van der Waals surface area (Å²) in [7, 11) is 0. The highest BCUT2D eigenvalue weighted by molar-refractivity contribution is 5.02. The van der Waals surface area contributed by atoms with Crippen LogP contribution in [0.15, 0.2) is 22.0 Å². The Morgan fingerprint density at radius 2 is 2.14 bits per heavy atom. The fraction of sp³-hybridized carbons (Fsp3) is 0.333. The Labute approximate surface area is 38.6 Å². The molecule has 0 saturated heterocycles. The summed E-state index contributed by atoms with van der Waals surface area (Å²) in [6.45, 7) is -0.230. The van der Waals surface area contributed by atoms with E-state index in [4.69, 9.17) is 0 Å². The van der Waals surface area contributed by atoms with Crippen LogP contribution in [0.5, 0.6) is 0 Å². The number of azo groups is 1. The molecule has 0 aliphatic carbocycles. The molecule has 0 aromatic carbocycles. The highest BCUT2D eigenvalue weighted by atomic mass is 19.2. The van der Waals surface area contributed by atoms with Gasteiger partial charge < -0.3 is 0 Å². The van der Waals surface area contributed by atoms with Gasteiger partial charge in [0, 0.05) is 0 Å². The second kappa shape index (κ2) is 1.36. The average Bonchev–Trinajstić information content (AvgIpc) is 1.91. The number of nitrogens with zero attached hydrogens (tertiary/aromatic N) is 2. The maximum absolute atomic E-state index is 11.6. The molecule has 0 spiro atoms. The van der Waals surface area contributed by atoms with Crippen molar-refractivity contribution >= 4 is 0 Å². The van der Waals surface area contributed by atoms with Gasteiger partial charge >= 0.3 is 0 Å². The first-order chi connectivity index (χ1) is 3.30. The van der Waals surface area contributed by atoms with Crippen LogP contribution in [0.25, 0.3) is 0 Å². The summed E-state index contributed by atoms with van der Waals surface area (Å²) in [5.74, 6) is -1.96. The first-order valence-electron chi connectivity index (χ1n) is 1.72. The summed E-state index contributed by atoms with van der Waals surface area (Å²) >= 11 is 0. The fourth-order valence-electron chi connectivity index (χ4n) is 0.279. The lowest BCUT2D eigenvalue weighted by Crippen LogP contribution is -1.71. The number of hydrogen-bond acceptors (Lipinski definition) is 2. The third-order valence-corrected chi connectivity index (χ3v) is 0.592. The van der Waals surface area contributed by atoms with E-state index in [1.165, 1.54) is 0 Å². The summed E-state index contributed by atoms with van der Waals surface area (Å²) in [6, 6.07) is 0. The first kappa shape index (κ1) is 4.36. The molecule has 1 heterocycles. The van der Waals surface area contributed by atoms with Gasteiger partial charge in [0.2, 0.25) is 0 Å². The zero-order valence-corrected chi connectivity index (χ0v) is 3.36. The van der Waals surface area contributed by atoms with Crippen molar-refractivity contribution in [1.82, 2.24) is 0 Å². The van der Waals surface area contributed by atoms with Gasteiger partial charge in [-0.3, -0.25) is 0 Å². The second-order valence-electron chi connectivity index (χ2n) is 1.10. The monoisotopic (exact) mass is 104 g/mol. The molecule has 0 fully saturated rings. The van der Waals surface area contributed by atoms with Crippen molar-refractivity contribution in [3.8, 4) is 0 Å². The van der Waals surface area contributed by atoms with Crippen LogP contribution in [0.4, 0.5) is 8.78 Å². The largest absolute Gasteiger partial charge is 0.266 e. The van der Waals surface area contributed by atoms with E-state index in [1.807, 2.05) is 0 Å². The number of rotatable bonds is 0. The molecule has 1 aliphatic rings. The Bertz CT molecular complexity index is 138. The van der Waals surface area contributed by atoms with Gasteiger partial charge in [0.1, 0.15) is 6.54 Å². The van der Waals surface area contributed by atoms with Crippen LogP contribution in [0, 0.1) is 0 Å². The second-order valence-corrected chi connectivity index (χ2v) is 1.10.